The lowest BCUT2D eigenvalue weighted by atomic mass is 10.1. The van der Waals surface area contributed by atoms with Gasteiger partial charge in [0.05, 0.1) is 0 Å². The van der Waals surface area contributed by atoms with Crippen LogP contribution >= 0.6 is 35.6 Å². The molecule has 6 nitrogen and oxygen atoms in total. The molecule has 0 saturated carbocycles. The van der Waals surface area contributed by atoms with Crippen molar-refractivity contribution < 1.29 is 4.79 Å². The van der Waals surface area contributed by atoms with Gasteiger partial charge in [0, 0.05) is 70.0 Å². The highest BCUT2D eigenvalue weighted by molar-refractivity contribution is 14.0. The summed E-state index contributed by atoms with van der Waals surface area (Å²) in [6, 6.07) is 16.4. The van der Waals surface area contributed by atoms with Crippen LogP contribution in [0.5, 0.6) is 0 Å². The predicted octanol–water partition coefficient (Wildman–Crippen LogP) is 3.98. The first-order valence-electron chi connectivity index (χ1n) is 10.9. The summed E-state index contributed by atoms with van der Waals surface area (Å²) in [5, 5.41) is 4.30. The smallest absolute Gasteiger partial charge is 0.222 e. The molecule has 0 bridgehead atoms. The van der Waals surface area contributed by atoms with Crippen molar-refractivity contribution in [1.82, 2.24) is 15.1 Å². The fourth-order valence-electron chi connectivity index (χ4n) is 4.32. The van der Waals surface area contributed by atoms with E-state index in [-0.39, 0.29) is 29.9 Å². The zero-order valence-corrected chi connectivity index (χ0v) is 21.6. The summed E-state index contributed by atoms with van der Waals surface area (Å²) in [5.41, 5.74) is 3.58. The van der Waals surface area contributed by atoms with Crippen molar-refractivity contribution in [2.24, 2.45) is 4.99 Å². The van der Waals surface area contributed by atoms with Crippen LogP contribution in [0.1, 0.15) is 24.0 Å². The van der Waals surface area contributed by atoms with E-state index < -0.39 is 0 Å². The minimum atomic E-state index is 0. The van der Waals surface area contributed by atoms with Gasteiger partial charge in [-0.2, -0.15) is 0 Å². The standard InChI is InChI=1S/C24H30ClN5O.HI/c1-26-24(29-14-12-28(13-15-29)22-9-4-8-21(25)16-22)27-17-19-6-2-3-7-20(19)18-30-11-5-10-23(30)31;/h2-4,6-9,16H,5,10-15,17-18H2,1H3,(H,26,27);1H. The topological polar surface area (TPSA) is 51.2 Å². The fourth-order valence-corrected chi connectivity index (χ4v) is 4.50. The Hall–Kier alpha value is -2.00. The lowest BCUT2D eigenvalue weighted by Gasteiger charge is -2.37. The van der Waals surface area contributed by atoms with Gasteiger partial charge in [-0.25, -0.2) is 0 Å². The zero-order valence-electron chi connectivity index (χ0n) is 18.5. The second kappa shape index (κ2) is 11.7. The first-order chi connectivity index (χ1) is 15.1. The molecule has 2 aliphatic rings. The van der Waals surface area contributed by atoms with Crippen LogP contribution in [0.2, 0.25) is 5.02 Å². The Morgan fingerprint density at radius 1 is 1.03 bits per heavy atom. The maximum Gasteiger partial charge on any atom is 0.222 e. The molecule has 0 radical (unpaired) electrons. The lowest BCUT2D eigenvalue weighted by molar-refractivity contribution is -0.128. The second-order valence-electron chi connectivity index (χ2n) is 8.04. The third-order valence-electron chi connectivity index (χ3n) is 6.05. The number of amides is 1. The van der Waals surface area contributed by atoms with Gasteiger partial charge in [-0.05, 0) is 35.7 Å². The van der Waals surface area contributed by atoms with E-state index in [4.69, 9.17) is 11.6 Å². The molecule has 0 unspecified atom stereocenters. The highest BCUT2D eigenvalue weighted by Gasteiger charge is 2.22. The van der Waals surface area contributed by atoms with Crippen LogP contribution in [0.4, 0.5) is 5.69 Å². The summed E-state index contributed by atoms with van der Waals surface area (Å²) >= 11 is 6.15. The van der Waals surface area contributed by atoms with E-state index in [1.807, 2.05) is 36.2 Å². The Morgan fingerprint density at radius 2 is 1.78 bits per heavy atom. The molecule has 2 aromatic rings. The number of hydrogen-bond acceptors (Lipinski definition) is 3. The number of guanidine groups is 1. The Bertz CT molecular complexity index is 945. The van der Waals surface area contributed by atoms with Crippen LogP contribution in [-0.4, -0.2) is 61.4 Å². The largest absolute Gasteiger partial charge is 0.368 e. The van der Waals surface area contributed by atoms with Crippen molar-refractivity contribution in [3.05, 3.63) is 64.7 Å². The molecule has 32 heavy (non-hydrogen) atoms. The third-order valence-corrected chi connectivity index (χ3v) is 6.29. The van der Waals surface area contributed by atoms with Crippen molar-refractivity contribution in [3.8, 4) is 0 Å². The van der Waals surface area contributed by atoms with E-state index in [1.165, 1.54) is 16.8 Å². The van der Waals surface area contributed by atoms with Gasteiger partial charge in [0.1, 0.15) is 0 Å². The molecule has 2 heterocycles. The van der Waals surface area contributed by atoms with E-state index in [2.05, 4.69) is 44.4 Å². The van der Waals surface area contributed by atoms with E-state index in [9.17, 15) is 4.79 Å². The molecular weight excluding hydrogens is 537 g/mol. The van der Waals surface area contributed by atoms with Gasteiger partial charge >= 0.3 is 0 Å². The van der Waals surface area contributed by atoms with Crippen LogP contribution in [-0.2, 0) is 17.9 Å². The van der Waals surface area contributed by atoms with Crippen LogP contribution in [0, 0.1) is 0 Å². The molecule has 0 atom stereocenters. The summed E-state index contributed by atoms with van der Waals surface area (Å²) in [6.45, 7) is 5.89. The Labute approximate surface area is 212 Å². The van der Waals surface area contributed by atoms with E-state index in [0.717, 1.165) is 50.1 Å². The number of anilines is 1. The molecule has 0 spiro atoms. The molecule has 1 N–H and O–H groups in total. The van der Waals surface area contributed by atoms with Gasteiger partial charge in [0.2, 0.25) is 5.91 Å². The molecule has 172 valence electrons. The quantitative estimate of drug-likeness (QED) is 0.338. The van der Waals surface area contributed by atoms with Gasteiger partial charge in [0.15, 0.2) is 5.96 Å². The number of halogens is 2. The normalized spacial score (nSPS) is 16.9. The lowest BCUT2D eigenvalue weighted by Crippen LogP contribution is -2.52. The monoisotopic (exact) mass is 567 g/mol. The molecule has 0 aliphatic carbocycles. The number of hydrogen-bond donors (Lipinski definition) is 1. The highest BCUT2D eigenvalue weighted by atomic mass is 127. The molecule has 1 amide bonds. The second-order valence-corrected chi connectivity index (χ2v) is 8.48. The number of nitrogens with one attached hydrogen (secondary N) is 1. The Morgan fingerprint density at radius 3 is 2.44 bits per heavy atom. The summed E-state index contributed by atoms with van der Waals surface area (Å²) in [7, 11) is 1.83. The SMILES string of the molecule is CN=C(NCc1ccccc1CN1CCCC1=O)N1CCN(c2cccc(Cl)c2)CC1.I. The minimum absolute atomic E-state index is 0. The third kappa shape index (κ3) is 6.07. The number of nitrogens with zero attached hydrogens (tertiary/aromatic N) is 4. The summed E-state index contributed by atoms with van der Waals surface area (Å²) in [5.74, 6) is 1.17. The molecule has 0 aromatic heterocycles. The van der Waals surface area contributed by atoms with E-state index in [1.54, 1.807) is 0 Å². The van der Waals surface area contributed by atoms with Crippen LogP contribution in [0.25, 0.3) is 0 Å². The molecule has 8 heteroatoms. The van der Waals surface area contributed by atoms with Crippen molar-refractivity contribution >= 4 is 53.1 Å². The number of rotatable bonds is 5. The summed E-state index contributed by atoms with van der Waals surface area (Å²) in [4.78, 5) is 23.2. The molecule has 2 aliphatic heterocycles. The van der Waals surface area contributed by atoms with Gasteiger partial charge < -0.3 is 20.0 Å². The Kier molecular flexibility index (Phi) is 9.04. The first kappa shape index (κ1) is 24.6. The van der Waals surface area contributed by atoms with Gasteiger partial charge in [-0.15, -0.1) is 24.0 Å². The molecular formula is C24H31ClIN5O. The highest BCUT2D eigenvalue weighted by Crippen LogP contribution is 2.21. The predicted molar refractivity (Wildman–Crippen MR) is 142 cm³/mol. The minimum Gasteiger partial charge on any atom is -0.368 e. The van der Waals surface area contributed by atoms with E-state index in [0.29, 0.717) is 19.5 Å². The van der Waals surface area contributed by atoms with Crippen LogP contribution in [0.15, 0.2) is 53.5 Å². The molecule has 2 aromatic carbocycles. The summed E-state index contributed by atoms with van der Waals surface area (Å²) in [6.07, 6.45) is 1.64. The number of likely N-dealkylation sites (tertiary alicyclic amines) is 1. The average Bonchev–Trinajstić information content (AvgIpc) is 3.20. The van der Waals surface area contributed by atoms with Crippen molar-refractivity contribution in [2.75, 3.05) is 44.7 Å². The van der Waals surface area contributed by atoms with Crippen LogP contribution < -0.4 is 10.2 Å². The molecule has 2 saturated heterocycles. The van der Waals surface area contributed by atoms with Crippen molar-refractivity contribution in [1.29, 1.82) is 0 Å². The number of benzene rings is 2. The van der Waals surface area contributed by atoms with Gasteiger partial charge in [0.25, 0.3) is 0 Å². The van der Waals surface area contributed by atoms with Crippen LogP contribution in [0.3, 0.4) is 0 Å². The number of carbonyl (C=O) groups is 1. The van der Waals surface area contributed by atoms with Crippen molar-refractivity contribution in [3.63, 3.8) is 0 Å². The first-order valence-corrected chi connectivity index (χ1v) is 11.3. The van der Waals surface area contributed by atoms with Gasteiger partial charge in [-0.3, -0.25) is 9.79 Å². The maximum absolute atomic E-state index is 12.0. The number of aliphatic imine (C=N–C) groups is 1. The summed E-state index contributed by atoms with van der Waals surface area (Å²) < 4.78 is 0. The molecule has 4 rings (SSSR count). The molecule has 2 fully saturated rings. The number of piperazine rings is 1. The zero-order chi connectivity index (χ0) is 21.6. The van der Waals surface area contributed by atoms with Gasteiger partial charge in [-0.1, -0.05) is 41.9 Å². The fraction of sp³-hybridized carbons (Fsp3) is 0.417. The Balaban J connectivity index is 0.00000289. The number of carbonyl (C=O) groups excluding carboxylic acids is 1. The van der Waals surface area contributed by atoms with Crippen molar-refractivity contribution in [2.45, 2.75) is 25.9 Å². The van der Waals surface area contributed by atoms with E-state index >= 15 is 0 Å². The maximum atomic E-state index is 12.0. The average molecular weight is 568 g/mol.